The minimum Gasteiger partial charge on any atom is -0.494 e. The van der Waals surface area contributed by atoms with Gasteiger partial charge in [0.2, 0.25) is 0 Å². The van der Waals surface area contributed by atoms with Crippen molar-refractivity contribution in [1.82, 2.24) is 30.0 Å². The highest BCUT2D eigenvalue weighted by Crippen LogP contribution is 2.40. The Labute approximate surface area is 221 Å². The number of nitrogens with one attached hydrogen (secondary N) is 3. The Balaban J connectivity index is 1.49. The molecule has 1 aliphatic carbocycles. The maximum atomic E-state index is 14.5. The molecule has 6 bridgehead atoms. The molecule has 0 unspecified atom stereocenters. The summed E-state index contributed by atoms with van der Waals surface area (Å²) in [5.74, 6) is -0.00512. The molecule has 1 amide bonds. The molecule has 194 valence electrons. The van der Waals surface area contributed by atoms with Crippen molar-refractivity contribution < 1.29 is 22.8 Å². The third kappa shape index (κ3) is 4.61. The van der Waals surface area contributed by atoms with Gasteiger partial charge in [0.1, 0.15) is 29.5 Å². The standard InChI is InChI=1S/C26H25FN8O3/c1-28-26(36)17-10-29-23-9-19(17)31-20-8-14(11-38-12-21-18(27)5-6-22(32-21)33-23)7-16(24(20)37-2)25-30-13-35(34-25)15-3-4-15/h5-10,13,15,31H,3-4,11-12H2,1-2H3,(H,28,36)(H,29,32,33)/i1D3. The monoisotopic (exact) mass is 519 g/mol. The number of halogens is 1. The van der Waals surface area contributed by atoms with Crippen molar-refractivity contribution in [3.05, 3.63) is 65.5 Å². The molecule has 1 saturated carbocycles. The van der Waals surface area contributed by atoms with Crippen LogP contribution in [0.2, 0.25) is 0 Å². The van der Waals surface area contributed by atoms with Crippen molar-refractivity contribution >= 4 is 28.9 Å². The van der Waals surface area contributed by atoms with Crippen LogP contribution in [0.5, 0.6) is 5.75 Å². The average Bonchev–Trinajstić information content (AvgIpc) is 3.65. The van der Waals surface area contributed by atoms with Crippen molar-refractivity contribution in [2.45, 2.75) is 32.1 Å². The van der Waals surface area contributed by atoms with Crippen LogP contribution in [0.3, 0.4) is 0 Å². The predicted molar refractivity (Wildman–Crippen MR) is 137 cm³/mol. The van der Waals surface area contributed by atoms with Crippen LogP contribution in [-0.4, -0.2) is 44.7 Å². The van der Waals surface area contributed by atoms with Crippen molar-refractivity contribution in [1.29, 1.82) is 0 Å². The fourth-order valence-electron chi connectivity index (χ4n) is 4.24. The van der Waals surface area contributed by atoms with Crippen molar-refractivity contribution in [3.8, 4) is 17.1 Å². The van der Waals surface area contributed by atoms with Gasteiger partial charge in [0.15, 0.2) is 11.6 Å². The summed E-state index contributed by atoms with van der Waals surface area (Å²) in [5.41, 5.74) is 1.97. The number of fused-ring (bicyclic) bond motifs is 6. The molecule has 4 heterocycles. The lowest BCUT2D eigenvalue weighted by molar-refractivity contribution is 0.0963. The van der Waals surface area contributed by atoms with Crippen LogP contribution in [0.4, 0.5) is 27.4 Å². The molecule has 0 atom stereocenters. The number of methoxy groups -OCH3 is 1. The first-order valence-corrected chi connectivity index (χ1v) is 11.9. The molecule has 4 aromatic rings. The van der Waals surface area contributed by atoms with Gasteiger partial charge in [-0.1, -0.05) is 0 Å². The van der Waals surface area contributed by atoms with Gasteiger partial charge in [0.05, 0.1) is 48.9 Å². The van der Waals surface area contributed by atoms with E-state index < -0.39 is 18.7 Å². The second-order valence-electron chi connectivity index (χ2n) is 8.94. The first kappa shape index (κ1) is 20.5. The van der Waals surface area contributed by atoms with E-state index in [1.165, 1.54) is 31.5 Å². The lowest BCUT2D eigenvalue weighted by Gasteiger charge is -2.19. The molecule has 1 aliphatic heterocycles. The normalized spacial score (nSPS) is 16.1. The molecule has 12 heteroatoms. The SMILES string of the molecule is [2H]C([2H])([2H])NC(=O)c1cnc2cc1Nc1cc(cc(-c3ncn(C4CC4)n3)c1OC)COCc1nc(ccc1F)N2. The molecule has 2 aliphatic rings. The average molecular weight is 520 g/mol. The Morgan fingerprint density at radius 1 is 1.18 bits per heavy atom. The molecule has 1 aromatic carbocycles. The zero-order valence-corrected chi connectivity index (χ0v) is 20.3. The molecule has 3 aromatic heterocycles. The van der Waals surface area contributed by atoms with Crippen LogP contribution < -0.4 is 20.7 Å². The number of amides is 1. The van der Waals surface area contributed by atoms with Crippen molar-refractivity contribution in [3.63, 3.8) is 0 Å². The Bertz CT molecular complexity index is 1640. The molecule has 11 nitrogen and oxygen atoms in total. The zero-order valence-electron chi connectivity index (χ0n) is 23.3. The van der Waals surface area contributed by atoms with Gasteiger partial charge in [-0.15, -0.1) is 0 Å². The fraction of sp³-hybridized carbons (Fsp3) is 0.269. The molecule has 0 spiro atoms. The summed E-state index contributed by atoms with van der Waals surface area (Å²) < 4.78 is 50.4. The van der Waals surface area contributed by atoms with Crippen molar-refractivity contribution in [2.75, 3.05) is 24.7 Å². The second-order valence-corrected chi connectivity index (χ2v) is 8.94. The number of hydrogen-bond donors (Lipinski definition) is 3. The van der Waals surface area contributed by atoms with Crippen molar-refractivity contribution in [2.24, 2.45) is 0 Å². The Morgan fingerprint density at radius 2 is 2.08 bits per heavy atom. The van der Waals surface area contributed by atoms with Crippen LogP contribution in [-0.2, 0) is 18.0 Å². The largest absolute Gasteiger partial charge is 0.494 e. The van der Waals surface area contributed by atoms with E-state index in [2.05, 4.69) is 30.7 Å². The van der Waals surface area contributed by atoms with Gasteiger partial charge in [-0.05, 0) is 42.7 Å². The van der Waals surface area contributed by atoms with E-state index in [0.29, 0.717) is 40.2 Å². The molecular weight excluding hydrogens is 491 g/mol. The Kier molecular flexibility index (Phi) is 5.23. The zero-order chi connectivity index (χ0) is 28.7. The second kappa shape index (κ2) is 9.71. The number of carbonyl (C=O) groups excluding carboxylic acids is 1. The Hall–Kier alpha value is -4.58. The third-order valence-corrected chi connectivity index (χ3v) is 6.24. The minimum absolute atomic E-state index is 0.0343. The number of aromatic nitrogens is 5. The van der Waals surface area contributed by atoms with Crippen LogP contribution in [0.1, 0.15) is 44.6 Å². The van der Waals surface area contributed by atoms with Gasteiger partial charge < -0.3 is 25.4 Å². The molecule has 0 saturated heterocycles. The molecule has 0 radical (unpaired) electrons. The number of rotatable bonds is 4. The van der Waals surface area contributed by atoms with Crippen LogP contribution in [0.15, 0.2) is 42.9 Å². The summed E-state index contributed by atoms with van der Waals surface area (Å²) in [6.07, 6.45) is 4.98. The first-order valence-electron chi connectivity index (χ1n) is 13.4. The summed E-state index contributed by atoms with van der Waals surface area (Å²) >= 11 is 0. The van der Waals surface area contributed by atoms with E-state index >= 15 is 0 Å². The van der Waals surface area contributed by atoms with Crippen LogP contribution >= 0.6 is 0 Å². The van der Waals surface area contributed by atoms with Gasteiger partial charge in [0.25, 0.3) is 5.91 Å². The highest BCUT2D eigenvalue weighted by molar-refractivity contribution is 6.00. The summed E-state index contributed by atoms with van der Waals surface area (Å²) in [6.45, 7) is -2.72. The summed E-state index contributed by atoms with van der Waals surface area (Å²) in [5, 5.41) is 12.8. The highest BCUT2D eigenvalue weighted by Gasteiger charge is 2.26. The maximum Gasteiger partial charge on any atom is 0.254 e. The quantitative estimate of drug-likeness (QED) is 0.365. The third-order valence-electron chi connectivity index (χ3n) is 6.24. The lowest BCUT2D eigenvalue weighted by Crippen LogP contribution is -2.20. The van der Waals surface area contributed by atoms with E-state index in [1.807, 2.05) is 16.1 Å². The van der Waals surface area contributed by atoms with E-state index in [0.717, 1.165) is 12.8 Å². The number of nitrogens with zero attached hydrogens (tertiary/aromatic N) is 5. The number of carbonyl (C=O) groups is 1. The van der Waals surface area contributed by atoms with E-state index in [1.54, 1.807) is 12.4 Å². The predicted octanol–water partition coefficient (Wildman–Crippen LogP) is 4.09. The van der Waals surface area contributed by atoms with Gasteiger partial charge in [0, 0.05) is 23.4 Å². The summed E-state index contributed by atoms with van der Waals surface area (Å²) in [6, 6.07) is 8.13. The number of hydrogen-bond acceptors (Lipinski definition) is 9. The van der Waals surface area contributed by atoms with E-state index in [9.17, 15) is 9.18 Å². The van der Waals surface area contributed by atoms with Gasteiger partial charge in [-0.3, -0.25) is 4.79 Å². The summed E-state index contributed by atoms with van der Waals surface area (Å²) in [4.78, 5) is 26.0. The molecular formula is C26H25FN8O3. The number of benzene rings is 1. The smallest absolute Gasteiger partial charge is 0.254 e. The fourth-order valence-corrected chi connectivity index (χ4v) is 4.24. The molecule has 1 fully saturated rings. The number of anilines is 4. The minimum atomic E-state index is -2.72. The topological polar surface area (TPSA) is 128 Å². The van der Waals surface area contributed by atoms with E-state index in [4.69, 9.17) is 13.6 Å². The summed E-state index contributed by atoms with van der Waals surface area (Å²) in [7, 11) is 1.50. The number of ether oxygens (including phenoxy) is 2. The number of pyridine rings is 2. The van der Waals surface area contributed by atoms with Gasteiger partial charge in [-0.25, -0.2) is 24.0 Å². The van der Waals surface area contributed by atoms with Crippen LogP contribution in [0.25, 0.3) is 11.4 Å². The lowest BCUT2D eigenvalue weighted by atomic mass is 10.1. The Morgan fingerprint density at radius 3 is 2.89 bits per heavy atom. The maximum absolute atomic E-state index is 14.5. The molecule has 3 N–H and O–H groups in total. The first-order chi connectivity index (χ1) is 19.7. The molecule has 6 rings (SSSR count). The molecule has 38 heavy (non-hydrogen) atoms. The highest BCUT2D eigenvalue weighted by atomic mass is 19.1. The van der Waals surface area contributed by atoms with E-state index in [-0.39, 0.29) is 36.0 Å². The van der Waals surface area contributed by atoms with Gasteiger partial charge >= 0.3 is 0 Å². The van der Waals surface area contributed by atoms with Gasteiger partial charge in [-0.2, -0.15) is 5.10 Å². The van der Waals surface area contributed by atoms with Crippen LogP contribution in [0, 0.1) is 5.82 Å².